The summed E-state index contributed by atoms with van der Waals surface area (Å²) >= 11 is 0. The average Bonchev–Trinajstić information content (AvgIpc) is 3.48. The van der Waals surface area contributed by atoms with Crippen molar-refractivity contribution in [1.29, 1.82) is 0 Å². The Labute approximate surface area is 258 Å². The molecule has 1 saturated heterocycles. The topological polar surface area (TPSA) is 97.4 Å². The van der Waals surface area contributed by atoms with Crippen LogP contribution in [-0.2, 0) is 25.3 Å². The highest BCUT2D eigenvalue weighted by molar-refractivity contribution is 6.74. The van der Waals surface area contributed by atoms with Crippen molar-refractivity contribution < 1.29 is 28.3 Å². The number of hydrogen-bond acceptors (Lipinski definition) is 6. The van der Waals surface area contributed by atoms with E-state index < -0.39 is 25.9 Å². The first-order chi connectivity index (χ1) is 20.3. The number of hydrogen-bond donors (Lipinski definition) is 1. The van der Waals surface area contributed by atoms with E-state index in [0.717, 1.165) is 37.0 Å². The van der Waals surface area contributed by atoms with Gasteiger partial charge in [-0.3, -0.25) is 4.79 Å². The van der Waals surface area contributed by atoms with E-state index in [-0.39, 0.29) is 35.6 Å². The summed E-state index contributed by atoms with van der Waals surface area (Å²) in [5, 5.41) is 3.05. The average molecular weight is 614 g/mol. The Kier molecular flexibility index (Phi) is 10.3. The van der Waals surface area contributed by atoms with Crippen molar-refractivity contribution in [3.8, 4) is 5.75 Å². The number of methoxy groups -OCH3 is 1. The number of ether oxygens (including phenoxy) is 2. The summed E-state index contributed by atoms with van der Waals surface area (Å²) < 4.78 is 17.5. The van der Waals surface area contributed by atoms with Gasteiger partial charge in [0, 0.05) is 32.0 Å². The lowest BCUT2D eigenvalue weighted by molar-refractivity contribution is -0.149. The summed E-state index contributed by atoms with van der Waals surface area (Å²) in [4.78, 5) is 45.1. The van der Waals surface area contributed by atoms with Crippen LogP contribution in [0, 0.1) is 5.92 Å². The van der Waals surface area contributed by atoms with Gasteiger partial charge in [-0.25, -0.2) is 9.59 Å². The van der Waals surface area contributed by atoms with Gasteiger partial charge in [0.1, 0.15) is 17.3 Å². The van der Waals surface area contributed by atoms with Crippen molar-refractivity contribution in [2.75, 3.05) is 26.8 Å². The van der Waals surface area contributed by atoms with Gasteiger partial charge in [-0.05, 0) is 68.4 Å². The van der Waals surface area contributed by atoms with Crippen LogP contribution >= 0.6 is 0 Å². The molecule has 0 bridgehead atoms. The normalized spacial score (nSPS) is 27.0. The molecule has 1 saturated carbocycles. The largest absolute Gasteiger partial charge is 0.497 e. The fourth-order valence-electron chi connectivity index (χ4n) is 5.83. The Balaban J connectivity index is 1.65. The zero-order valence-electron chi connectivity index (χ0n) is 27.1. The molecule has 1 aliphatic carbocycles. The highest BCUT2D eigenvalue weighted by Crippen LogP contribution is 2.46. The number of allylic oxidation sites excluding steroid dienone is 1. The number of nitrogens with zero attached hydrogens (tertiary/aromatic N) is 2. The molecule has 1 N–H and O–H groups in total. The van der Waals surface area contributed by atoms with Crippen molar-refractivity contribution in [2.45, 2.75) is 109 Å². The summed E-state index contributed by atoms with van der Waals surface area (Å²) in [5.74, 6) is -0.0839. The quantitative estimate of drug-likeness (QED) is 0.243. The van der Waals surface area contributed by atoms with E-state index in [1.165, 1.54) is 0 Å². The minimum Gasteiger partial charge on any atom is -0.497 e. The van der Waals surface area contributed by atoms with Gasteiger partial charge in [-0.2, -0.15) is 0 Å². The summed E-state index contributed by atoms with van der Waals surface area (Å²) in [6.07, 6.45) is 8.50. The Morgan fingerprint density at radius 3 is 2.49 bits per heavy atom. The molecule has 0 aromatic heterocycles. The molecule has 238 valence electrons. The number of esters is 1. The number of carbonyl (C=O) groups excluding carboxylic acids is 3. The monoisotopic (exact) mass is 613 g/mol. The first-order valence-electron chi connectivity index (χ1n) is 15.8. The maximum atomic E-state index is 14.4. The van der Waals surface area contributed by atoms with Gasteiger partial charge in [-0.1, -0.05) is 51.5 Å². The third-order valence-corrected chi connectivity index (χ3v) is 14.1. The Morgan fingerprint density at radius 2 is 1.84 bits per heavy atom. The second kappa shape index (κ2) is 13.4. The van der Waals surface area contributed by atoms with E-state index in [1.807, 2.05) is 35.2 Å². The summed E-state index contributed by atoms with van der Waals surface area (Å²) in [7, 11) is -0.540. The molecule has 10 heteroatoms. The molecule has 3 aliphatic rings. The zero-order valence-corrected chi connectivity index (χ0v) is 28.1. The molecular formula is C33H51N3O6Si. The molecule has 1 aromatic rings. The molecule has 2 fully saturated rings. The first kappa shape index (κ1) is 33.0. The molecule has 0 spiro atoms. The number of amides is 3. The number of benzene rings is 1. The van der Waals surface area contributed by atoms with Crippen molar-refractivity contribution in [1.82, 2.24) is 15.1 Å². The Bertz CT molecular complexity index is 1180. The molecule has 4 rings (SSSR count). The van der Waals surface area contributed by atoms with E-state index >= 15 is 0 Å². The lowest BCUT2D eigenvalue weighted by atomic mass is 10.1. The van der Waals surface area contributed by atoms with E-state index in [9.17, 15) is 14.4 Å². The molecule has 0 unspecified atom stereocenters. The molecule has 2 heterocycles. The van der Waals surface area contributed by atoms with Crippen LogP contribution in [-0.4, -0.2) is 80.5 Å². The van der Waals surface area contributed by atoms with E-state index in [4.69, 9.17) is 13.9 Å². The van der Waals surface area contributed by atoms with E-state index in [1.54, 1.807) is 18.9 Å². The van der Waals surface area contributed by atoms with Crippen molar-refractivity contribution in [2.24, 2.45) is 5.92 Å². The SMILES string of the molecule is CCOC(=O)[C@@]12C[C@H]1C=CCCCCCN(Cc1ccc(OC)cc1)C(=O)N1C[C@H](O[Si](C)(C)C(C)(C)C)C[C@H]1C(=O)N2. The number of nitrogens with one attached hydrogen (secondary N) is 1. The van der Waals surface area contributed by atoms with E-state index in [0.29, 0.717) is 32.5 Å². The van der Waals surface area contributed by atoms with Crippen LogP contribution in [0.25, 0.3) is 0 Å². The smallest absolute Gasteiger partial charge is 0.332 e. The molecule has 1 aromatic carbocycles. The minimum absolute atomic E-state index is 0.0160. The minimum atomic E-state index is -2.17. The Morgan fingerprint density at radius 1 is 1.12 bits per heavy atom. The maximum absolute atomic E-state index is 14.4. The van der Waals surface area contributed by atoms with E-state index in [2.05, 4.69) is 45.3 Å². The van der Waals surface area contributed by atoms with Gasteiger partial charge in [0.2, 0.25) is 5.91 Å². The van der Waals surface area contributed by atoms with Crippen LogP contribution in [0.4, 0.5) is 4.79 Å². The lowest BCUT2D eigenvalue weighted by Crippen LogP contribution is -2.55. The number of carbonyl (C=O) groups is 3. The van der Waals surface area contributed by atoms with Crippen molar-refractivity contribution in [3.05, 3.63) is 42.0 Å². The highest BCUT2D eigenvalue weighted by atomic mass is 28.4. The second-order valence-corrected chi connectivity index (χ2v) is 18.5. The molecule has 3 amide bonds. The van der Waals surface area contributed by atoms with Crippen LogP contribution < -0.4 is 10.1 Å². The zero-order chi connectivity index (χ0) is 31.4. The first-order valence-corrected chi connectivity index (χ1v) is 18.7. The van der Waals surface area contributed by atoms with Crippen molar-refractivity contribution in [3.63, 3.8) is 0 Å². The fourth-order valence-corrected chi connectivity index (χ4v) is 7.18. The van der Waals surface area contributed by atoms with Crippen LogP contribution in [0.15, 0.2) is 36.4 Å². The van der Waals surface area contributed by atoms with Gasteiger partial charge in [-0.15, -0.1) is 0 Å². The van der Waals surface area contributed by atoms with Gasteiger partial charge < -0.3 is 29.0 Å². The molecule has 43 heavy (non-hydrogen) atoms. The highest BCUT2D eigenvalue weighted by Gasteiger charge is 2.62. The number of urea groups is 1. The van der Waals surface area contributed by atoms with Gasteiger partial charge in [0.25, 0.3) is 0 Å². The predicted octanol–water partition coefficient (Wildman–Crippen LogP) is 5.65. The second-order valence-electron chi connectivity index (χ2n) is 13.7. The van der Waals surface area contributed by atoms with Crippen LogP contribution in [0.3, 0.4) is 0 Å². The third-order valence-electron chi connectivity index (χ3n) is 9.55. The van der Waals surface area contributed by atoms with Gasteiger partial charge >= 0.3 is 12.0 Å². The molecule has 2 aliphatic heterocycles. The fraction of sp³-hybridized carbons (Fsp3) is 0.667. The van der Waals surface area contributed by atoms with Crippen LogP contribution in [0.2, 0.25) is 18.1 Å². The molecule has 0 radical (unpaired) electrons. The molecule has 4 atom stereocenters. The predicted molar refractivity (Wildman–Crippen MR) is 169 cm³/mol. The maximum Gasteiger partial charge on any atom is 0.332 e. The summed E-state index contributed by atoms with van der Waals surface area (Å²) in [6, 6.07) is 6.82. The Hall–Kier alpha value is -2.85. The van der Waals surface area contributed by atoms with Crippen LogP contribution in [0.5, 0.6) is 5.75 Å². The van der Waals surface area contributed by atoms with Gasteiger partial charge in [0.15, 0.2) is 8.32 Å². The number of rotatable bonds is 7. The third kappa shape index (κ3) is 7.63. The summed E-state index contributed by atoms with van der Waals surface area (Å²) in [6.45, 7) is 14.3. The summed E-state index contributed by atoms with van der Waals surface area (Å²) in [5.41, 5.74) is -0.0917. The van der Waals surface area contributed by atoms with Crippen LogP contribution in [0.1, 0.15) is 71.8 Å². The van der Waals surface area contributed by atoms with Crippen molar-refractivity contribution >= 4 is 26.2 Å². The van der Waals surface area contributed by atoms with Gasteiger partial charge in [0.05, 0.1) is 19.8 Å². The number of fused-ring (bicyclic) bond motifs is 2. The standard InChI is InChI=1S/C33H51N3O6Si/c1-8-41-30(38)33-21-25(33)14-12-10-9-11-13-19-35(22-24-15-17-26(40-5)18-16-24)31(39)36-23-27(20-28(36)29(37)34-33)42-43(6,7)32(2,3)4/h12,14-18,25,27-28H,8-11,13,19-23H2,1-7H3,(H,34,37)/t25-,27-,28+,33-/m1/s1. The lowest BCUT2D eigenvalue weighted by Gasteiger charge is -2.38. The molecular weight excluding hydrogens is 562 g/mol. The molecule has 9 nitrogen and oxygen atoms in total.